The predicted molar refractivity (Wildman–Crippen MR) is 125 cm³/mol. The van der Waals surface area contributed by atoms with Crippen LogP contribution in [0.4, 0.5) is 0 Å². The molecule has 2 aromatic carbocycles. The van der Waals surface area contributed by atoms with Crippen LogP contribution in [0.5, 0.6) is 5.75 Å². The van der Waals surface area contributed by atoms with Gasteiger partial charge in [-0.05, 0) is 72.8 Å². The second kappa shape index (κ2) is 10.7. The topological polar surface area (TPSA) is 38.3 Å². The van der Waals surface area contributed by atoms with Gasteiger partial charge in [0.25, 0.3) is 0 Å². The highest BCUT2D eigenvalue weighted by atomic mass is 16.5. The Morgan fingerprint density at radius 2 is 1.77 bits per heavy atom. The molecular weight excluding hydrogens is 370 g/mol. The quantitative estimate of drug-likeness (QED) is 0.515. The van der Waals surface area contributed by atoms with Gasteiger partial charge in [-0.2, -0.15) is 0 Å². The molecule has 0 spiro atoms. The van der Waals surface area contributed by atoms with Crippen molar-refractivity contribution in [3.63, 3.8) is 0 Å². The SMILES string of the molecule is CC(C)CCNC(=O)Cc1ccc(OC2CCCC2)c(-c2ccccc2C(C)C)c1. The average Bonchev–Trinajstić information content (AvgIpc) is 3.22. The summed E-state index contributed by atoms with van der Waals surface area (Å²) in [7, 11) is 0. The molecule has 2 aromatic rings. The van der Waals surface area contributed by atoms with Crippen molar-refractivity contribution < 1.29 is 9.53 Å². The van der Waals surface area contributed by atoms with Crippen LogP contribution in [0.1, 0.15) is 76.8 Å². The van der Waals surface area contributed by atoms with E-state index in [1.54, 1.807) is 0 Å². The lowest BCUT2D eigenvalue weighted by atomic mass is 9.91. The highest BCUT2D eigenvalue weighted by Gasteiger charge is 2.20. The zero-order chi connectivity index (χ0) is 21.5. The highest BCUT2D eigenvalue weighted by Crippen LogP contribution is 2.38. The second-order valence-electron chi connectivity index (χ2n) is 9.31. The van der Waals surface area contributed by atoms with Crippen LogP contribution in [0.2, 0.25) is 0 Å². The van der Waals surface area contributed by atoms with Crippen LogP contribution in [-0.4, -0.2) is 18.6 Å². The maximum atomic E-state index is 12.4. The third-order valence-electron chi connectivity index (χ3n) is 5.92. The molecule has 0 aromatic heterocycles. The first kappa shape index (κ1) is 22.4. The third-order valence-corrected chi connectivity index (χ3v) is 5.92. The van der Waals surface area contributed by atoms with Crippen molar-refractivity contribution in [1.82, 2.24) is 5.32 Å². The standard InChI is InChI=1S/C27H37NO2/c1-19(2)15-16-28-27(29)18-21-13-14-26(30-22-9-5-6-10-22)25(17-21)24-12-8-7-11-23(24)20(3)4/h7-8,11-14,17,19-20,22H,5-6,9-10,15-16,18H2,1-4H3,(H,28,29). The largest absolute Gasteiger partial charge is 0.490 e. The van der Waals surface area contributed by atoms with Gasteiger partial charge in [0.2, 0.25) is 5.91 Å². The van der Waals surface area contributed by atoms with Gasteiger partial charge in [0.1, 0.15) is 5.75 Å². The summed E-state index contributed by atoms with van der Waals surface area (Å²) in [5, 5.41) is 3.05. The zero-order valence-corrected chi connectivity index (χ0v) is 19.0. The first-order valence-electron chi connectivity index (χ1n) is 11.6. The van der Waals surface area contributed by atoms with Crippen LogP contribution in [0.3, 0.4) is 0 Å². The van der Waals surface area contributed by atoms with Gasteiger partial charge in [-0.15, -0.1) is 0 Å². The van der Waals surface area contributed by atoms with E-state index in [1.807, 2.05) is 6.07 Å². The summed E-state index contributed by atoms with van der Waals surface area (Å²) in [5.41, 5.74) is 4.66. The van der Waals surface area contributed by atoms with Gasteiger partial charge in [0, 0.05) is 12.1 Å². The summed E-state index contributed by atoms with van der Waals surface area (Å²) in [4.78, 5) is 12.4. The lowest BCUT2D eigenvalue weighted by Crippen LogP contribution is -2.26. The first-order valence-corrected chi connectivity index (χ1v) is 11.6. The Kier molecular flexibility index (Phi) is 7.95. The molecule has 0 unspecified atom stereocenters. The molecule has 0 aliphatic heterocycles. The zero-order valence-electron chi connectivity index (χ0n) is 19.0. The van der Waals surface area contributed by atoms with E-state index in [0.717, 1.165) is 42.7 Å². The molecule has 0 bridgehead atoms. The van der Waals surface area contributed by atoms with Crippen LogP contribution in [0.25, 0.3) is 11.1 Å². The van der Waals surface area contributed by atoms with Crippen LogP contribution in [0, 0.1) is 5.92 Å². The fourth-order valence-corrected chi connectivity index (χ4v) is 4.18. The lowest BCUT2D eigenvalue weighted by molar-refractivity contribution is -0.120. The van der Waals surface area contributed by atoms with Gasteiger partial charge in [0.15, 0.2) is 0 Å². The van der Waals surface area contributed by atoms with Crippen molar-refractivity contribution in [2.24, 2.45) is 5.92 Å². The number of carbonyl (C=O) groups excluding carboxylic acids is 1. The molecule has 1 saturated carbocycles. The molecule has 0 saturated heterocycles. The number of hydrogen-bond donors (Lipinski definition) is 1. The summed E-state index contributed by atoms with van der Waals surface area (Å²) < 4.78 is 6.45. The van der Waals surface area contributed by atoms with Crippen LogP contribution >= 0.6 is 0 Å². The fourth-order valence-electron chi connectivity index (χ4n) is 4.18. The van der Waals surface area contributed by atoms with E-state index in [2.05, 4.69) is 69.4 Å². The molecule has 1 amide bonds. The molecule has 3 rings (SSSR count). The minimum Gasteiger partial charge on any atom is -0.490 e. The minimum atomic E-state index is 0.0863. The number of hydrogen-bond acceptors (Lipinski definition) is 2. The van der Waals surface area contributed by atoms with Crippen molar-refractivity contribution in [2.45, 2.75) is 78.2 Å². The molecule has 1 N–H and O–H groups in total. The Morgan fingerprint density at radius 3 is 2.47 bits per heavy atom. The molecule has 1 fully saturated rings. The van der Waals surface area contributed by atoms with E-state index in [0.29, 0.717) is 24.4 Å². The Balaban J connectivity index is 1.87. The molecule has 30 heavy (non-hydrogen) atoms. The molecule has 0 radical (unpaired) electrons. The van der Waals surface area contributed by atoms with E-state index in [9.17, 15) is 4.79 Å². The van der Waals surface area contributed by atoms with Crippen molar-refractivity contribution in [3.05, 3.63) is 53.6 Å². The number of ether oxygens (including phenoxy) is 1. The number of carbonyl (C=O) groups is 1. The minimum absolute atomic E-state index is 0.0863. The molecule has 1 aliphatic carbocycles. The fraction of sp³-hybridized carbons (Fsp3) is 0.519. The average molecular weight is 408 g/mol. The third kappa shape index (κ3) is 6.10. The summed E-state index contributed by atoms with van der Waals surface area (Å²) in [5.74, 6) is 2.04. The molecule has 3 heteroatoms. The Morgan fingerprint density at radius 1 is 1.03 bits per heavy atom. The van der Waals surface area contributed by atoms with E-state index in [4.69, 9.17) is 4.74 Å². The molecule has 3 nitrogen and oxygen atoms in total. The van der Waals surface area contributed by atoms with Crippen molar-refractivity contribution >= 4 is 5.91 Å². The van der Waals surface area contributed by atoms with E-state index in [1.165, 1.54) is 24.0 Å². The van der Waals surface area contributed by atoms with Gasteiger partial charge >= 0.3 is 0 Å². The van der Waals surface area contributed by atoms with Crippen LogP contribution in [0.15, 0.2) is 42.5 Å². The molecule has 162 valence electrons. The molecule has 0 heterocycles. The van der Waals surface area contributed by atoms with E-state index in [-0.39, 0.29) is 5.91 Å². The second-order valence-corrected chi connectivity index (χ2v) is 9.31. The Labute approximate surface area is 182 Å². The smallest absolute Gasteiger partial charge is 0.224 e. The summed E-state index contributed by atoms with van der Waals surface area (Å²) >= 11 is 0. The number of benzene rings is 2. The van der Waals surface area contributed by atoms with Gasteiger partial charge in [0.05, 0.1) is 12.5 Å². The first-order chi connectivity index (χ1) is 14.4. The molecular formula is C27H37NO2. The summed E-state index contributed by atoms with van der Waals surface area (Å²) in [6.07, 6.45) is 6.47. The van der Waals surface area contributed by atoms with E-state index < -0.39 is 0 Å². The monoisotopic (exact) mass is 407 g/mol. The van der Waals surface area contributed by atoms with Crippen LogP contribution < -0.4 is 10.1 Å². The number of nitrogens with one attached hydrogen (secondary N) is 1. The lowest BCUT2D eigenvalue weighted by Gasteiger charge is -2.20. The Bertz CT molecular complexity index is 835. The summed E-state index contributed by atoms with van der Waals surface area (Å²) in [6.45, 7) is 9.54. The van der Waals surface area contributed by atoms with Crippen molar-refractivity contribution in [3.8, 4) is 16.9 Å². The van der Waals surface area contributed by atoms with Crippen LogP contribution in [-0.2, 0) is 11.2 Å². The molecule has 0 atom stereocenters. The normalized spacial score (nSPS) is 14.5. The van der Waals surface area contributed by atoms with Gasteiger partial charge in [-0.1, -0.05) is 58.0 Å². The maximum absolute atomic E-state index is 12.4. The van der Waals surface area contributed by atoms with Gasteiger partial charge in [-0.25, -0.2) is 0 Å². The van der Waals surface area contributed by atoms with Crippen molar-refractivity contribution in [1.29, 1.82) is 0 Å². The molecule has 1 aliphatic rings. The van der Waals surface area contributed by atoms with E-state index >= 15 is 0 Å². The van der Waals surface area contributed by atoms with Gasteiger partial charge < -0.3 is 10.1 Å². The number of rotatable bonds is 9. The maximum Gasteiger partial charge on any atom is 0.224 e. The summed E-state index contributed by atoms with van der Waals surface area (Å²) in [6, 6.07) is 14.8. The Hall–Kier alpha value is -2.29. The predicted octanol–water partition coefficient (Wildman–Crippen LogP) is 6.50. The highest BCUT2D eigenvalue weighted by molar-refractivity contribution is 5.80. The number of amides is 1. The van der Waals surface area contributed by atoms with Gasteiger partial charge in [-0.3, -0.25) is 4.79 Å². The van der Waals surface area contributed by atoms with Crippen molar-refractivity contribution in [2.75, 3.05) is 6.54 Å².